The number of amides is 1. The highest BCUT2D eigenvalue weighted by atomic mass is 16.5. The lowest BCUT2D eigenvalue weighted by Gasteiger charge is -2.31. The second-order valence-corrected chi connectivity index (χ2v) is 6.36. The minimum absolute atomic E-state index is 0.166. The van der Waals surface area contributed by atoms with Gasteiger partial charge in [0.25, 0.3) is 5.91 Å². The smallest absolute Gasteiger partial charge is 0.252 e. The standard InChI is InChI=1S/C17H25NO3/c19-17(16-7-4-9-21-16)18(12-15-8-10-20-13-15)11-14-5-2-1-3-6-14/h8,10,13-14,16H,1-7,9,11-12H2/t16-/m1/s1. The lowest BCUT2D eigenvalue weighted by atomic mass is 9.88. The minimum atomic E-state index is -0.222. The number of rotatable bonds is 5. The van der Waals surface area contributed by atoms with Crippen molar-refractivity contribution in [1.29, 1.82) is 0 Å². The van der Waals surface area contributed by atoms with Crippen LogP contribution in [0.15, 0.2) is 23.0 Å². The first-order chi connectivity index (χ1) is 10.3. The quantitative estimate of drug-likeness (QED) is 0.835. The van der Waals surface area contributed by atoms with Gasteiger partial charge in [0.15, 0.2) is 0 Å². The third-order valence-corrected chi connectivity index (χ3v) is 4.67. The van der Waals surface area contributed by atoms with Gasteiger partial charge in [0.05, 0.1) is 12.5 Å². The van der Waals surface area contributed by atoms with Crippen molar-refractivity contribution >= 4 is 5.91 Å². The summed E-state index contributed by atoms with van der Waals surface area (Å²) >= 11 is 0. The molecule has 2 heterocycles. The summed E-state index contributed by atoms with van der Waals surface area (Å²) in [4.78, 5) is 14.7. The molecule has 1 amide bonds. The summed E-state index contributed by atoms with van der Waals surface area (Å²) in [5.41, 5.74) is 1.07. The Kier molecular flexibility index (Phi) is 4.96. The van der Waals surface area contributed by atoms with E-state index in [1.54, 1.807) is 12.5 Å². The number of hydrogen-bond acceptors (Lipinski definition) is 3. The normalized spacial score (nSPS) is 23.3. The summed E-state index contributed by atoms with van der Waals surface area (Å²) in [6.07, 6.45) is 11.5. The van der Waals surface area contributed by atoms with Crippen molar-refractivity contribution in [3.63, 3.8) is 0 Å². The van der Waals surface area contributed by atoms with Gasteiger partial charge in [-0.05, 0) is 37.7 Å². The molecule has 0 bridgehead atoms. The van der Waals surface area contributed by atoms with Crippen LogP contribution >= 0.6 is 0 Å². The maximum absolute atomic E-state index is 12.7. The molecule has 3 rings (SSSR count). The predicted molar refractivity (Wildman–Crippen MR) is 79.7 cm³/mol. The van der Waals surface area contributed by atoms with Gasteiger partial charge in [0.2, 0.25) is 0 Å². The first kappa shape index (κ1) is 14.6. The topological polar surface area (TPSA) is 42.7 Å². The van der Waals surface area contributed by atoms with E-state index in [0.29, 0.717) is 12.5 Å². The molecule has 116 valence electrons. The molecule has 1 saturated heterocycles. The lowest BCUT2D eigenvalue weighted by molar-refractivity contribution is -0.142. The second-order valence-electron chi connectivity index (χ2n) is 6.36. The van der Waals surface area contributed by atoms with E-state index >= 15 is 0 Å². The summed E-state index contributed by atoms with van der Waals surface area (Å²) in [6.45, 7) is 2.23. The Hall–Kier alpha value is -1.29. The maximum atomic E-state index is 12.7. The van der Waals surface area contributed by atoms with Gasteiger partial charge in [-0.2, -0.15) is 0 Å². The molecule has 1 saturated carbocycles. The first-order valence-electron chi connectivity index (χ1n) is 8.24. The van der Waals surface area contributed by atoms with Crippen molar-refractivity contribution in [1.82, 2.24) is 4.90 Å². The molecule has 0 radical (unpaired) electrons. The highest BCUT2D eigenvalue weighted by molar-refractivity contribution is 5.81. The summed E-state index contributed by atoms with van der Waals surface area (Å²) in [5.74, 6) is 0.815. The monoisotopic (exact) mass is 291 g/mol. The summed E-state index contributed by atoms with van der Waals surface area (Å²) < 4.78 is 10.7. The molecule has 1 aromatic rings. The van der Waals surface area contributed by atoms with Crippen molar-refractivity contribution in [2.75, 3.05) is 13.2 Å². The van der Waals surface area contributed by atoms with E-state index in [9.17, 15) is 4.79 Å². The van der Waals surface area contributed by atoms with Crippen LogP contribution in [0.4, 0.5) is 0 Å². The predicted octanol–water partition coefficient (Wildman–Crippen LogP) is 3.37. The molecular weight excluding hydrogens is 266 g/mol. The van der Waals surface area contributed by atoms with Gasteiger partial charge in [-0.1, -0.05) is 19.3 Å². The highest BCUT2D eigenvalue weighted by Gasteiger charge is 2.30. The molecule has 1 atom stereocenters. The zero-order valence-electron chi connectivity index (χ0n) is 12.6. The fourth-order valence-electron chi connectivity index (χ4n) is 3.49. The van der Waals surface area contributed by atoms with Crippen molar-refractivity contribution in [3.8, 4) is 0 Å². The molecule has 1 aliphatic carbocycles. The van der Waals surface area contributed by atoms with Crippen LogP contribution in [0.2, 0.25) is 0 Å². The third kappa shape index (κ3) is 3.88. The van der Waals surface area contributed by atoms with Gasteiger partial charge in [-0.15, -0.1) is 0 Å². The van der Waals surface area contributed by atoms with Crippen LogP contribution in [0.5, 0.6) is 0 Å². The second kappa shape index (κ2) is 7.12. The molecule has 1 aromatic heterocycles. The van der Waals surface area contributed by atoms with E-state index in [4.69, 9.17) is 9.15 Å². The van der Waals surface area contributed by atoms with Crippen LogP contribution in [0, 0.1) is 5.92 Å². The average Bonchev–Trinajstić information content (AvgIpc) is 3.20. The molecular formula is C17H25NO3. The van der Waals surface area contributed by atoms with Crippen molar-refractivity contribution < 1.29 is 13.9 Å². The molecule has 0 N–H and O–H groups in total. The molecule has 0 unspecified atom stereocenters. The van der Waals surface area contributed by atoms with E-state index < -0.39 is 0 Å². The Morgan fingerprint density at radius 3 is 2.71 bits per heavy atom. The Bertz CT molecular complexity index is 431. The number of hydrogen-bond donors (Lipinski definition) is 0. The van der Waals surface area contributed by atoms with Gasteiger partial charge in [0, 0.05) is 25.3 Å². The van der Waals surface area contributed by atoms with Crippen molar-refractivity contribution in [2.24, 2.45) is 5.92 Å². The molecule has 0 spiro atoms. The van der Waals surface area contributed by atoms with Gasteiger partial charge in [0.1, 0.15) is 6.10 Å². The van der Waals surface area contributed by atoms with Crippen molar-refractivity contribution in [2.45, 2.75) is 57.6 Å². The maximum Gasteiger partial charge on any atom is 0.252 e. The first-order valence-corrected chi connectivity index (χ1v) is 8.24. The SMILES string of the molecule is O=C([C@H]1CCCO1)N(Cc1ccoc1)CC1CCCCC1. The van der Waals surface area contributed by atoms with Crippen LogP contribution in [-0.4, -0.2) is 30.1 Å². The average molecular weight is 291 g/mol. The lowest BCUT2D eigenvalue weighted by Crippen LogP contribution is -2.41. The van der Waals surface area contributed by atoms with Gasteiger partial charge < -0.3 is 14.1 Å². The largest absolute Gasteiger partial charge is 0.472 e. The number of carbonyl (C=O) groups is 1. The van der Waals surface area contributed by atoms with Gasteiger partial charge in [-0.3, -0.25) is 4.79 Å². The molecule has 4 nitrogen and oxygen atoms in total. The van der Waals surface area contributed by atoms with Gasteiger partial charge >= 0.3 is 0 Å². The fraction of sp³-hybridized carbons (Fsp3) is 0.706. The van der Waals surface area contributed by atoms with Gasteiger partial charge in [-0.25, -0.2) is 0 Å². The zero-order valence-corrected chi connectivity index (χ0v) is 12.6. The van der Waals surface area contributed by atoms with Crippen molar-refractivity contribution in [3.05, 3.63) is 24.2 Å². The number of carbonyl (C=O) groups excluding carboxylic acids is 1. The Morgan fingerprint density at radius 2 is 2.05 bits per heavy atom. The zero-order chi connectivity index (χ0) is 14.5. The Balaban J connectivity index is 1.65. The van der Waals surface area contributed by atoms with E-state index in [1.165, 1.54) is 32.1 Å². The molecule has 2 fully saturated rings. The molecule has 4 heteroatoms. The van der Waals surface area contributed by atoms with Crippen LogP contribution in [0.25, 0.3) is 0 Å². The number of nitrogens with zero attached hydrogens (tertiary/aromatic N) is 1. The highest BCUT2D eigenvalue weighted by Crippen LogP contribution is 2.26. The number of ether oxygens (including phenoxy) is 1. The van der Waals surface area contributed by atoms with E-state index in [0.717, 1.165) is 31.6 Å². The Labute approximate surface area is 126 Å². The molecule has 21 heavy (non-hydrogen) atoms. The molecule has 2 aliphatic rings. The van der Waals surface area contributed by atoms with E-state index in [2.05, 4.69) is 0 Å². The summed E-state index contributed by atoms with van der Waals surface area (Å²) in [7, 11) is 0. The fourth-order valence-corrected chi connectivity index (χ4v) is 3.49. The molecule has 1 aliphatic heterocycles. The molecule has 0 aromatic carbocycles. The van der Waals surface area contributed by atoms with Crippen LogP contribution in [0.1, 0.15) is 50.5 Å². The Morgan fingerprint density at radius 1 is 1.19 bits per heavy atom. The van der Waals surface area contributed by atoms with E-state index in [-0.39, 0.29) is 12.0 Å². The summed E-state index contributed by atoms with van der Waals surface area (Å²) in [6, 6.07) is 1.94. The van der Waals surface area contributed by atoms with Crippen LogP contribution in [0.3, 0.4) is 0 Å². The minimum Gasteiger partial charge on any atom is -0.472 e. The summed E-state index contributed by atoms with van der Waals surface area (Å²) in [5, 5.41) is 0. The van der Waals surface area contributed by atoms with Crippen LogP contribution in [-0.2, 0) is 16.1 Å². The third-order valence-electron chi connectivity index (χ3n) is 4.67. The van der Waals surface area contributed by atoms with Crippen LogP contribution < -0.4 is 0 Å². The number of furan rings is 1. The van der Waals surface area contributed by atoms with E-state index in [1.807, 2.05) is 11.0 Å².